The number of aliphatic hydroxyl groups is 7. The van der Waals surface area contributed by atoms with E-state index in [0.717, 1.165) is 25.7 Å². The first kappa shape index (κ1) is 35.7. The SMILES string of the molecule is CC(C)=CCCC(C)(O)C1CCC2(C)C1C(O)CC1C3(C)CCC(OC4OC(CO)C(O)C(O)C4O)C(C)(C)C3C(O)CC12C. The fraction of sp³-hybridized carbons (Fsp3) is 0.944. The summed E-state index contributed by atoms with van der Waals surface area (Å²) in [5, 5.41) is 77.0. The van der Waals surface area contributed by atoms with Gasteiger partial charge in [-0.1, -0.05) is 46.3 Å². The molecule has 1 heterocycles. The van der Waals surface area contributed by atoms with Crippen molar-refractivity contribution in [1.82, 2.24) is 0 Å². The maximum Gasteiger partial charge on any atom is 0.186 e. The van der Waals surface area contributed by atoms with Crippen LogP contribution in [-0.2, 0) is 9.47 Å². The minimum Gasteiger partial charge on any atom is -0.394 e. The number of allylic oxidation sites excluding steroid dienone is 2. The molecule has 0 aromatic heterocycles. The van der Waals surface area contributed by atoms with E-state index in [1.165, 1.54) is 5.57 Å². The summed E-state index contributed by atoms with van der Waals surface area (Å²) in [5.74, 6) is -0.0748. The van der Waals surface area contributed by atoms with Gasteiger partial charge in [0, 0.05) is 0 Å². The van der Waals surface area contributed by atoms with Crippen molar-refractivity contribution in [2.75, 3.05) is 6.61 Å². The number of fused-ring (bicyclic) bond motifs is 5. The Bertz CT molecular complexity index is 1100. The van der Waals surface area contributed by atoms with Crippen LogP contribution < -0.4 is 0 Å². The Hall–Kier alpha value is -0.620. The molecule has 0 aromatic carbocycles. The second-order valence-corrected chi connectivity index (χ2v) is 17.5. The average molecular weight is 639 g/mol. The summed E-state index contributed by atoms with van der Waals surface area (Å²) < 4.78 is 12.1. The smallest absolute Gasteiger partial charge is 0.186 e. The maximum absolute atomic E-state index is 12.2. The van der Waals surface area contributed by atoms with Gasteiger partial charge in [0.1, 0.15) is 24.4 Å². The summed E-state index contributed by atoms with van der Waals surface area (Å²) >= 11 is 0. The van der Waals surface area contributed by atoms with Crippen LogP contribution in [0.2, 0.25) is 0 Å². The highest BCUT2D eigenvalue weighted by Gasteiger charge is 2.73. The summed E-state index contributed by atoms with van der Waals surface area (Å²) in [5.41, 5.74) is -0.992. The van der Waals surface area contributed by atoms with Crippen molar-refractivity contribution in [3.05, 3.63) is 11.6 Å². The van der Waals surface area contributed by atoms with E-state index in [-0.39, 0.29) is 39.9 Å². The van der Waals surface area contributed by atoms with Crippen LogP contribution in [-0.4, -0.2) is 97.0 Å². The van der Waals surface area contributed by atoms with E-state index in [1.54, 1.807) is 0 Å². The third-order valence-corrected chi connectivity index (χ3v) is 14.4. The van der Waals surface area contributed by atoms with Gasteiger partial charge in [-0.05, 0) is 117 Å². The Kier molecular flexibility index (Phi) is 9.56. The van der Waals surface area contributed by atoms with Crippen LogP contribution >= 0.6 is 0 Å². The molecule has 1 aliphatic heterocycles. The molecule has 9 nitrogen and oxygen atoms in total. The van der Waals surface area contributed by atoms with E-state index in [2.05, 4.69) is 54.5 Å². The predicted octanol–water partition coefficient (Wildman–Crippen LogP) is 3.30. The predicted molar refractivity (Wildman–Crippen MR) is 170 cm³/mol. The fourth-order valence-corrected chi connectivity index (χ4v) is 12.0. The van der Waals surface area contributed by atoms with E-state index in [4.69, 9.17) is 9.47 Å². The van der Waals surface area contributed by atoms with Gasteiger partial charge < -0.3 is 45.2 Å². The maximum atomic E-state index is 12.2. The lowest BCUT2D eigenvalue weighted by atomic mass is 9.34. The number of ether oxygens (including phenoxy) is 2. The summed E-state index contributed by atoms with van der Waals surface area (Å²) in [6.45, 7) is 16.7. The van der Waals surface area contributed by atoms with E-state index >= 15 is 0 Å². The molecular weight excluding hydrogens is 576 g/mol. The monoisotopic (exact) mass is 638 g/mol. The van der Waals surface area contributed by atoms with Gasteiger partial charge in [-0.25, -0.2) is 0 Å². The molecule has 0 amide bonds. The molecule has 7 N–H and O–H groups in total. The second kappa shape index (κ2) is 12.1. The standard InChI is InChI=1S/C36H62O9/c1-19(2)10-9-13-36(8,43)20-11-15-34(6)26(20)21(38)16-24-33(5)14-12-25(32(3,4)30(33)22(39)17-35(24,34)7)45-31-29(42)28(41)27(40)23(18-37)44-31/h10,20-31,37-43H,9,11-18H2,1-8H3. The fourth-order valence-electron chi connectivity index (χ4n) is 12.0. The van der Waals surface area contributed by atoms with Gasteiger partial charge in [-0.3, -0.25) is 0 Å². The van der Waals surface area contributed by atoms with Crippen molar-refractivity contribution >= 4 is 0 Å². The van der Waals surface area contributed by atoms with Gasteiger partial charge in [0.15, 0.2) is 6.29 Å². The first-order chi connectivity index (χ1) is 20.8. The number of hydrogen-bond donors (Lipinski definition) is 7. The van der Waals surface area contributed by atoms with Gasteiger partial charge in [0.2, 0.25) is 0 Å². The minimum atomic E-state index is -1.51. The van der Waals surface area contributed by atoms with E-state index in [0.29, 0.717) is 25.7 Å². The summed E-state index contributed by atoms with van der Waals surface area (Å²) in [4.78, 5) is 0. The topological polar surface area (TPSA) is 160 Å². The van der Waals surface area contributed by atoms with Crippen LogP contribution in [0.4, 0.5) is 0 Å². The van der Waals surface area contributed by atoms with Crippen LogP contribution in [0.5, 0.6) is 0 Å². The summed E-state index contributed by atoms with van der Waals surface area (Å²) in [6.07, 6.45) is -0.292. The molecule has 0 radical (unpaired) electrons. The van der Waals surface area contributed by atoms with Gasteiger partial charge in [0.05, 0.1) is 30.5 Å². The molecule has 5 fully saturated rings. The zero-order valence-corrected chi connectivity index (χ0v) is 28.8. The molecule has 9 heteroatoms. The third-order valence-electron chi connectivity index (χ3n) is 14.4. The van der Waals surface area contributed by atoms with E-state index in [1.807, 2.05) is 6.92 Å². The van der Waals surface area contributed by atoms with Gasteiger partial charge in [-0.2, -0.15) is 0 Å². The molecule has 1 saturated heterocycles. The first-order valence-corrected chi connectivity index (χ1v) is 17.4. The first-order valence-electron chi connectivity index (χ1n) is 17.4. The highest BCUT2D eigenvalue weighted by Crippen LogP contribution is 2.76. The summed E-state index contributed by atoms with van der Waals surface area (Å²) in [6, 6.07) is 0. The van der Waals surface area contributed by atoms with E-state index < -0.39 is 66.6 Å². The molecule has 0 bridgehead atoms. The quantitative estimate of drug-likeness (QED) is 0.164. The van der Waals surface area contributed by atoms with Gasteiger partial charge in [-0.15, -0.1) is 0 Å². The van der Waals surface area contributed by atoms with Crippen molar-refractivity contribution < 1.29 is 45.2 Å². The molecule has 16 unspecified atom stereocenters. The van der Waals surface area contributed by atoms with Gasteiger partial charge >= 0.3 is 0 Å². The molecule has 0 aromatic rings. The van der Waals surface area contributed by atoms with Crippen molar-refractivity contribution in [3.8, 4) is 0 Å². The highest BCUT2D eigenvalue weighted by molar-refractivity contribution is 5.21. The third kappa shape index (κ3) is 5.48. The molecule has 5 aliphatic rings. The largest absolute Gasteiger partial charge is 0.394 e. The van der Waals surface area contributed by atoms with Crippen LogP contribution in [0.1, 0.15) is 107 Å². The zero-order chi connectivity index (χ0) is 33.5. The average Bonchev–Trinajstić information content (AvgIpc) is 3.32. The van der Waals surface area contributed by atoms with Crippen molar-refractivity contribution in [1.29, 1.82) is 0 Å². The number of rotatable bonds is 7. The Morgan fingerprint density at radius 2 is 1.58 bits per heavy atom. The summed E-state index contributed by atoms with van der Waals surface area (Å²) in [7, 11) is 0. The lowest BCUT2D eigenvalue weighted by Crippen LogP contribution is -2.70. The second-order valence-electron chi connectivity index (χ2n) is 17.5. The molecule has 45 heavy (non-hydrogen) atoms. The van der Waals surface area contributed by atoms with E-state index in [9.17, 15) is 35.7 Å². The molecule has 16 atom stereocenters. The van der Waals surface area contributed by atoms with Crippen molar-refractivity contribution in [3.63, 3.8) is 0 Å². The lowest BCUT2D eigenvalue weighted by molar-refractivity contribution is -0.337. The Balaban J connectivity index is 1.41. The molecule has 4 aliphatic carbocycles. The lowest BCUT2D eigenvalue weighted by Gasteiger charge is -2.71. The van der Waals surface area contributed by atoms with Crippen LogP contribution in [0.15, 0.2) is 11.6 Å². The van der Waals surface area contributed by atoms with Crippen LogP contribution in [0, 0.1) is 45.3 Å². The molecule has 4 saturated carbocycles. The highest BCUT2D eigenvalue weighted by atomic mass is 16.7. The van der Waals surface area contributed by atoms with Crippen molar-refractivity contribution in [2.24, 2.45) is 45.3 Å². The Labute approximate surface area is 270 Å². The van der Waals surface area contributed by atoms with Crippen LogP contribution in [0.25, 0.3) is 0 Å². The minimum absolute atomic E-state index is 0.0115. The Morgan fingerprint density at radius 3 is 2.20 bits per heavy atom. The molecular formula is C36H62O9. The van der Waals surface area contributed by atoms with Crippen LogP contribution in [0.3, 0.4) is 0 Å². The molecule has 0 spiro atoms. The number of aliphatic hydroxyl groups excluding tert-OH is 6. The molecule has 5 rings (SSSR count). The number of hydrogen-bond acceptors (Lipinski definition) is 9. The Morgan fingerprint density at radius 1 is 0.911 bits per heavy atom. The normalized spacial score (nSPS) is 52.2. The molecule has 260 valence electrons. The van der Waals surface area contributed by atoms with Crippen molar-refractivity contribution in [2.45, 2.75) is 161 Å². The zero-order valence-electron chi connectivity index (χ0n) is 28.8. The van der Waals surface area contributed by atoms with Gasteiger partial charge in [0.25, 0.3) is 0 Å².